The fraction of sp³-hybridized carbons (Fsp3) is 0.650. The van der Waals surface area contributed by atoms with E-state index in [4.69, 9.17) is 9.47 Å². The number of carbonyl (C=O) groups is 1. The lowest BCUT2D eigenvalue weighted by Crippen LogP contribution is -2.53. The molecule has 0 saturated carbocycles. The van der Waals surface area contributed by atoms with Crippen molar-refractivity contribution in [2.75, 3.05) is 46.5 Å². The lowest BCUT2D eigenvalue weighted by molar-refractivity contribution is -0.141. The van der Waals surface area contributed by atoms with Gasteiger partial charge < -0.3 is 9.47 Å². The molecule has 5 nitrogen and oxygen atoms in total. The molecule has 0 aromatic heterocycles. The van der Waals surface area contributed by atoms with Crippen LogP contribution >= 0.6 is 0 Å². The molecule has 0 spiro atoms. The Hall–Kier alpha value is -1.43. The molecule has 2 atom stereocenters. The zero-order chi connectivity index (χ0) is 17.5. The molecule has 1 aromatic carbocycles. The first-order valence-electron chi connectivity index (χ1n) is 9.41. The Morgan fingerprint density at radius 3 is 2.68 bits per heavy atom. The average molecular weight is 346 g/mol. The quantitative estimate of drug-likeness (QED) is 0.739. The maximum absolute atomic E-state index is 11.6. The van der Waals surface area contributed by atoms with Crippen molar-refractivity contribution in [2.24, 2.45) is 5.92 Å². The van der Waals surface area contributed by atoms with Crippen LogP contribution in [0.25, 0.3) is 0 Å². The molecule has 0 amide bonds. The third-order valence-corrected chi connectivity index (χ3v) is 5.49. The number of morpholine rings is 1. The van der Waals surface area contributed by atoms with E-state index in [-0.39, 0.29) is 5.97 Å². The molecule has 3 rings (SSSR count). The van der Waals surface area contributed by atoms with E-state index in [1.165, 1.54) is 19.1 Å². The maximum atomic E-state index is 11.6. The summed E-state index contributed by atoms with van der Waals surface area (Å²) in [4.78, 5) is 16.8. The van der Waals surface area contributed by atoms with Crippen molar-refractivity contribution in [1.29, 1.82) is 0 Å². The summed E-state index contributed by atoms with van der Waals surface area (Å²) >= 11 is 0. The minimum absolute atomic E-state index is 0.0964. The molecule has 2 aliphatic heterocycles. The zero-order valence-electron chi connectivity index (χ0n) is 15.2. The predicted octanol–water partition coefficient (Wildman–Crippen LogP) is 2.16. The van der Waals surface area contributed by atoms with Crippen molar-refractivity contribution >= 4 is 5.97 Å². The fourth-order valence-electron chi connectivity index (χ4n) is 4.16. The second-order valence-corrected chi connectivity index (χ2v) is 7.10. The molecule has 0 N–H and O–H groups in total. The molecule has 138 valence electrons. The van der Waals surface area contributed by atoms with Crippen molar-refractivity contribution < 1.29 is 14.3 Å². The zero-order valence-corrected chi connectivity index (χ0v) is 15.2. The van der Waals surface area contributed by atoms with Gasteiger partial charge in [-0.3, -0.25) is 14.6 Å². The normalized spacial score (nSPS) is 25.6. The van der Waals surface area contributed by atoms with E-state index in [9.17, 15) is 4.79 Å². The number of piperidine rings is 1. The van der Waals surface area contributed by atoms with Crippen LogP contribution in [0.5, 0.6) is 0 Å². The summed E-state index contributed by atoms with van der Waals surface area (Å²) in [6.07, 6.45) is 2.58. The van der Waals surface area contributed by atoms with Crippen LogP contribution in [0.2, 0.25) is 0 Å². The van der Waals surface area contributed by atoms with Crippen LogP contribution in [0.1, 0.15) is 24.8 Å². The minimum Gasteiger partial charge on any atom is -0.469 e. The molecule has 1 aromatic rings. The molecule has 2 aliphatic rings. The van der Waals surface area contributed by atoms with Gasteiger partial charge in [0.2, 0.25) is 0 Å². The maximum Gasteiger partial charge on any atom is 0.305 e. The number of nitrogens with zero attached hydrogens (tertiary/aromatic N) is 2. The number of likely N-dealkylation sites (tertiary alicyclic amines) is 1. The standard InChI is InChI=1S/C20H30N2O3/c1-24-20(23)8-7-18-16-21(15-17-5-3-2-4-6-17)10-9-19(18)22-11-13-25-14-12-22/h2-6,18-19H,7-16H2,1H3/t18-,19-/m0/s1. The molecule has 2 heterocycles. The van der Waals surface area contributed by atoms with Crippen molar-refractivity contribution in [2.45, 2.75) is 31.8 Å². The monoisotopic (exact) mass is 346 g/mol. The summed E-state index contributed by atoms with van der Waals surface area (Å²) in [7, 11) is 1.48. The Balaban J connectivity index is 1.62. The van der Waals surface area contributed by atoms with E-state index in [0.29, 0.717) is 18.4 Å². The summed E-state index contributed by atoms with van der Waals surface area (Å²) in [5.41, 5.74) is 1.36. The van der Waals surface area contributed by atoms with Gasteiger partial charge in [-0.25, -0.2) is 0 Å². The van der Waals surface area contributed by atoms with Gasteiger partial charge in [-0.1, -0.05) is 30.3 Å². The molecule has 0 radical (unpaired) electrons. The smallest absolute Gasteiger partial charge is 0.305 e. The van der Waals surface area contributed by atoms with Crippen LogP contribution in [-0.4, -0.2) is 68.3 Å². The van der Waals surface area contributed by atoms with Crippen molar-refractivity contribution in [3.8, 4) is 0 Å². The third kappa shape index (κ3) is 5.27. The van der Waals surface area contributed by atoms with Gasteiger partial charge in [-0.15, -0.1) is 0 Å². The second-order valence-electron chi connectivity index (χ2n) is 7.10. The highest BCUT2D eigenvalue weighted by Crippen LogP contribution is 2.28. The van der Waals surface area contributed by atoms with Gasteiger partial charge in [-0.05, 0) is 30.9 Å². The van der Waals surface area contributed by atoms with Gasteiger partial charge in [0.1, 0.15) is 0 Å². The summed E-state index contributed by atoms with van der Waals surface area (Å²) in [6.45, 7) is 6.84. The summed E-state index contributed by atoms with van der Waals surface area (Å²) in [5, 5.41) is 0. The van der Waals surface area contributed by atoms with Gasteiger partial charge in [0.15, 0.2) is 0 Å². The lowest BCUT2D eigenvalue weighted by atomic mass is 9.86. The van der Waals surface area contributed by atoms with E-state index in [1.807, 2.05) is 0 Å². The molecule has 0 aliphatic carbocycles. The lowest BCUT2D eigenvalue weighted by Gasteiger charge is -2.45. The van der Waals surface area contributed by atoms with E-state index in [2.05, 4.69) is 40.1 Å². The highest BCUT2D eigenvalue weighted by molar-refractivity contribution is 5.69. The minimum atomic E-state index is -0.0964. The second kappa shape index (κ2) is 9.32. The Labute approximate surface area is 150 Å². The highest BCUT2D eigenvalue weighted by Gasteiger charge is 2.34. The Bertz CT molecular complexity index is 531. The third-order valence-electron chi connectivity index (χ3n) is 5.49. The molecular formula is C20H30N2O3. The van der Waals surface area contributed by atoms with Gasteiger partial charge in [0, 0.05) is 38.6 Å². The van der Waals surface area contributed by atoms with Gasteiger partial charge in [0.25, 0.3) is 0 Å². The van der Waals surface area contributed by atoms with E-state index in [1.54, 1.807) is 0 Å². The topological polar surface area (TPSA) is 42.0 Å². The molecular weight excluding hydrogens is 316 g/mol. The van der Waals surface area contributed by atoms with Crippen LogP contribution in [0.3, 0.4) is 0 Å². The molecule has 2 saturated heterocycles. The van der Waals surface area contributed by atoms with Crippen LogP contribution in [-0.2, 0) is 20.8 Å². The number of benzene rings is 1. The largest absolute Gasteiger partial charge is 0.469 e. The van der Waals surface area contributed by atoms with Crippen LogP contribution in [0, 0.1) is 5.92 Å². The number of esters is 1. The Morgan fingerprint density at radius 1 is 1.20 bits per heavy atom. The average Bonchev–Trinajstić information content (AvgIpc) is 2.67. The highest BCUT2D eigenvalue weighted by atomic mass is 16.5. The predicted molar refractivity (Wildman–Crippen MR) is 97.3 cm³/mol. The van der Waals surface area contributed by atoms with Gasteiger partial charge in [0.05, 0.1) is 20.3 Å². The molecule has 0 unspecified atom stereocenters. The number of carbonyl (C=O) groups excluding carboxylic acids is 1. The van der Waals surface area contributed by atoms with E-state index < -0.39 is 0 Å². The first kappa shape index (κ1) is 18.4. The van der Waals surface area contributed by atoms with Gasteiger partial charge >= 0.3 is 5.97 Å². The summed E-state index contributed by atoms with van der Waals surface area (Å²) < 4.78 is 10.4. The Kier molecular flexibility index (Phi) is 6.84. The summed E-state index contributed by atoms with van der Waals surface area (Å²) in [6, 6.07) is 11.2. The fourth-order valence-corrected chi connectivity index (χ4v) is 4.16. The first-order valence-corrected chi connectivity index (χ1v) is 9.41. The van der Waals surface area contributed by atoms with Crippen LogP contribution < -0.4 is 0 Å². The van der Waals surface area contributed by atoms with Crippen molar-refractivity contribution in [1.82, 2.24) is 9.80 Å². The number of rotatable bonds is 6. The Morgan fingerprint density at radius 2 is 1.96 bits per heavy atom. The van der Waals surface area contributed by atoms with E-state index >= 15 is 0 Å². The van der Waals surface area contributed by atoms with Gasteiger partial charge in [-0.2, -0.15) is 0 Å². The molecule has 0 bridgehead atoms. The number of hydrogen-bond acceptors (Lipinski definition) is 5. The molecule has 25 heavy (non-hydrogen) atoms. The SMILES string of the molecule is COC(=O)CC[C@H]1CN(Cc2ccccc2)CC[C@@H]1N1CCOCC1. The molecule has 2 fully saturated rings. The van der Waals surface area contributed by atoms with Crippen molar-refractivity contribution in [3.63, 3.8) is 0 Å². The van der Waals surface area contributed by atoms with E-state index in [0.717, 1.165) is 52.4 Å². The van der Waals surface area contributed by atoms with Crippen LogP contribution in [0.4, 0.5) is 0 Å². The van der Waals surface area contributed by atoms with Crippen LogP contribution in [0.15, 0.2) is 30.3 Å². The molecule has 5 heteroatoms. The van der Waals surface area contributed by atoms with Crippen molar-refractivity contribution in [3.05, 3.63) is 35.9 Å². The first-order chi connectivity index (χ1) is 12.3. The number of hydrogen-bond donors (Lipinski definition) is 0. The number of methoxy groups -OCH3 is 1. The summed E-state index contributed by atoms with van der Waals surface area (Å²) in [5.74, 6) is 0.413. The number of ether oxygens (including phenoxy) is 2.